The first-order valence-electron chi connectivity index (χ1n) is 3.93. The highest BCUT2D eigenvalue weighted by atomic mass is 16.5. The molecule has 4 atom stereocenters. The summed E-state index contributed by atoms with van der Waals surface area (Å²) < 4.78 is 5.52. The molecule has 1 aliphatic rings. The summed E-state index contributed by atoms with van der Waals surface area (Å²) in [5.41, 5.74) is 0. The molecule has 10 heavy (non-hydrogen) atoms. The molecule has 1 fully saturated rings. The summed E-state index contributed by atoms with van der Waals surface area (Å²) in [5.74, 6) is 0.843. The summed E-state index contributed by atoms with van der Waals surface area (Å²) in [6.45, 7) is 6.49. The highest BCUT2D eigenvalue weighted by Crippen LogP contribution is 2.31. The SMILES string of the molecule is C[C@H]1[C@@H](CO)[C@@H](C)O[C@H]1C. The molecule has 0 aromatic rings. The van der Waals surface area contributed by atoms with E-state index in [1.807, 2.05) is 6.92 Å². The first-order chi connectivity index (χ1) is 4.66. The topological polar surface area (TPSA) is 29.5 Å². The zero-order valence-electron chi connectivity index (χ0n) is 6.87. The van der Waals surface area contributed by atoms with Crippen molar-refractivity contribution in [1.29, 1.82) is 0 Å². The molecule has 0 aromatic heterocycles. The fourth-order valence-electron chi connectivity index (χ4n) is 1.65. The van der Waals surface area contributed by atoms with Gasteiger partial charge in [-0.05, 0) is 19.8 Å². The third-order valence-electron chi connectivity index (χ3n) is 2.66. The van der Waals surface area contributed by atoms with Crippen molar-refractivity contribution in [3.63, 3.8) is 0 Å². The van der Waals surface area contributed by atoms with Crippen molar-refractivity contribution >= 4 is 0 Å². The van der Waals surface area contributed by atoms with Crippen LogP contribution in [0.1, 0.15) is 20.8 Å². The summed E-state index contributed by atoms with van der Waals surface area (Å²) in [5, 5.41) is 8.94. The molecule has 1 heterocycles. The van der Waals surface area contributed by atoms with E-state index in [9.17, 15) is 0 Å². The number of aliphatic hydroxyl groups is 1. The second-order valence-electron chi connectivity index (χ2n) is 3.25. The van der Waals surface area contributed by atoms with E-state index in [0.29, 0.717) is 17.9 Å². The van der Waals surface area contributed by atoms with Gasteiger partial charge in [-0.1, -0.05) is 6.92 Å². The van der Waals surface area contributed by atoms with Gasteiger partial charge >= 0.3 is 0 Å². The third kappa shape index (κ3) is 1.18. The normalized spacial score (nSPS) is 48.0. The van der Waals surface area contributed by atoms with Crippen LogP contribution in [-0.2, 0) is 4.74 Å². The Balaban J connectivity index is 2.55. The highest BCUT2D eigenvalue weighted by Gasteiger charge is 2.35. The quantitative estimate of drug-likeness (QED) is 0.595. The van der Waals surface area contributed by atoms with E-state index in [-0.39, 0.29) is 12.7 Å². The molecule has 1 aliphatic heterocycles. The minimum absolute atomic E-state index is 0.231. The third-order valence-corrected chi connectivity index (χ3v) is 2.66. The lowest BCUT2D eigenvalue weighted by atomic mass is 9.90. The Morgan fingerprint density at radius 3 is 2.00 bits per heavy atom. The lowest BCUT2D eigenvalue weighted by Crippen LogP contribution is -2.20. The molecule has 2 nitrogen and oxygen atoms in total. The van der Waals surface area contributed by atoms with Crippen LogP contribution in [0.3, 0.4) is 0 Å². The number of hydrogen-bond donors (Lipinski definition) is 1. The Morgan fingerprint density at radius 1 is 1.20 bits per heavy atom. The van der Waals surface area contributed by atoms with Gasteiger partial charge in [-0.25, -0.2) is 0 Å². The summed E-state index contributed by atoms with van der Waals surface area (Å²) in [4.78, 5) is 0. The number of aliphatic hydroxyl groups excluding tert-OH is 1. The van der Waals surface area contributed by atoms with Gasteiger partial charge < -0.3 is 9.84 Å². The van der Waals surface area contributed by atoms with Crippen molar-refractivity contribution in [2.45, 2.75) is 33.0 Å². The minimum atomic E-state index is 0.231. The first kappa shape index (κ1) is 8.02. The van der Waals surface area contributed by atoms with Gasteiger partial charge in [0.25, 0.3) is 0 Å². The van der Waals surface area contributed by atoms with Gasteiger partial charge in [0.1, 0.15) is 0 Å². The predicted molar refractivity (Wildman–Crippen MR) is 39.7 cm³/mol. The molecule has 0 bridgehead atoms. The molecule has 0 radical (unpaired) electrons. The second kappa shape index (κ2) is 2.89. The van der Waals surface area contributed by atoms with Crippen molar-refractivity contribution in [1.82, 2.24) is 0 Å². The number of hydrogen-bond acceptors (Lipinski definition) is 2. The second-order valence-corrected chi connectivity index (χ2v) is 3.25. The fraction of sp³-hybridized carbons (Fsp3) is 1.00. The van der Waals surface area contributed by atoms with Gasteiger partial charge in [0.05, 0.1) is 12.2 Å². The van der Waals surface area contributed by atoms with Crippen molar-refractivity contribution in [3.05, 3.63) is 0 Å². The monoisotopic (exact) mass is 144 g/mol. The molecule has 0 saturated carbocycles. The lowest BCUT2D eigenvalue weighted by molar-refractivity contribution is 0.0449. The fourth-order valence-corrected chi connectivity index (χ4v) is 1.65. The average molecular weight is 144 g/mol. The number of ether oxygens (including phenoxy) is 1. The molecular weight excluding hydrogens is 128 g/mol. The number of rotatable bonds is 1. The van der Waals surface area contributed by atoms with E-state index in [1.54, 1.807) is 0 Å². The van der Waals surface area contributed by atoms with Crippen LogP contribution in [0.5, 0.6) is 0 Å². The van der Waals surface area contributed by atoms with Gasteiger partial charge in [-0.2, -0.15) is 0 Å². The van der Waals surface area contributed by atoms with Crippen LogP contribution >= 0.6 is 0 Å². The Labute approximate surface area is 62.2 Å². The van der Waals surface area contributed by atoms with Crippen LogP contribution in [0.25, 0.3) is 0 Å². The molecule has 0 spiro atoms. The van der Waals surface area contributed by atoms with Gasteiger partial charge in [0.2, 0.25) is 0 Å². The predicted octanol–water partition coefficient (Wildman–Crippen LogP) is 1.04. The van der Waals surface area contributed by atoms with Crippen LogP contribution < -0.4 is 0 Å². The molecular formula is C8H16O2. The highest BCUT2D eigenvalue weighted by molar-refractivity contribution is 4.82. The summed E-state index contributed by atoms with van der Waals surface area (Å²) in [6.07, 6.45) is 0.544. The molecule has 1 rings (SSSR count). The molecule has 0 amide bonds. The Kier molecular flexibility index (Phi) is 2.32. The zero-order chi connectivity index (χ0) is 7.72. The maximum absolute atomic E-state index is 8.94. The van der Waals surface area contributed by atoms with Crippen molar-refractivity contribution < 1.29 is 9.84 Å². The standard InChI is InChI=1S/C8H16O2/c1-5-6(2)10-7(3)8(5)4-9/h5-9H,4H2,1-3H3/t5-,6+,7-,8-/m1/s1. The maximum Gasteiger partial charge on any atom is 0.0604 e. The molecule has 0 aliphatic carbocycles. The van der Waals surface area contributed by atoms with E-state index >= 15 is 0 Å². The van der Waals surface area contributed by atoms with Crippen LogP contribution in [0.15, 0.2) is 0 Å². The van der Waals surface area contributed by atoms with Crippen molar-refractivity contribution in [2.24, 2.45) is 11.8 Å². The Hall–Kier alpha value is -0.0800. The van der Waals surface area contributed by atoms with Gasteiger partial charge in [0.15, 0.2) is 0 Å². The average Bonchev–Trinajstić information content (AvgIpc) is 2.09. The summed E-state index contributed by atoms with van der Waals surface area (Å²) >= 11 is 0. The van der Waals surface area contributed by atoms with Crippen molar-refractivity contribution in [2.75, 3.05) is 6.61 Å². The van der Waals surface area contributed by atoms with Crippen LogP contribution in [0, 0.1) is 11.8 Å². The van der Waals surface area contributed by atoms with Gasteiger partial charge in [-0.3, -0.25) is 0 Å². The van der Waals surface area contributed by atoms with E-state index in [4.69, 9.17) is 9.84 Å². The maximum atomic E-state index is 8.94. The van der Waals surface area contributed by atoms with Crippen molar-refractivity contribution in [3.8, 4) is 0 Å². The van der Waals surface area contributed by atoms with Gasteiger partial charge in [0, 0.05) is 12.5 Å². The largest absolute Gasteiger partial charge is 0.396 e. The molecule has 2 heteroatoms. The van der Waals surface area contributed by atoms with E-state index in [1.165, 1.54) is 0 Å². The van der Waals surface area contributed by atoms with Gasteiger partial charge in [-0.15, -0.1) is 0 Å². The summed E-state index contributed by atoms with van der Waals surface area (Å²) in [6, 6.07) is 0. The molecule has 0 aromatic carbocycles. The lowest BCUT2D eigenvalue weighted by Gasteiger charge is -2.13. The molecule has 0 unspecified atom stereocenters. The van der Waals surface area contributed by atoms with Crippen LogP contribution in [0.4, 0.5) is 0 Å². The first-order valence-corrected chi connectivity index (χ1v) is 3.93. The zero-order valence-corrected chi connectivity index (χ0v) is 6.87. The van der Waals surface area contributed by atoms with Crippen LogP contribution in [-0.4, -0.2) is 23.9 Å². The molecule has 1 N–H and O–H groups in total. The minimum Gasteiger partial charge on any atom is -0.396 e. The smallest absolute Gasteiger partial charge is 0.0604 e. The Morgan fingerprint density at radius 2 is 1.80 bits per heavy atom. The Bertz CT molecular complexity index is 114. The van der Waals surface area contributed by atoms with Crippen LogP contribution in [0.2, 0.25) is 0 Å². The molecule has 1 saturated heterocycles. The molecule has 60 valence electrons. The van der Waals surface area contributed by atoms with E-state index in [2.05, 4.69) is 13.8 Å². The van der Waals surface area contributed by atoms with E-state index in [0.717, 1.165) is 0 Å². The van der Waals surface area contributed by atoms with E-state index < -0.39 is 0 Å². The summed E-state index contributed by atoms with van der Waals surface area (Å²) in [7, 11) is 0.